The first-order chi connectivity index (χ1) is 14.5. The molecule has 2 aromatic heterocycles. The van der Waals surface area contributed by atoms with Crippen LogP contribution >= 0.6 is 0 Å². The molecule has 152 valence electrons. The number of carbonyl (C=O) groups excluding carboxylic acids is 1. The van der Waals surface area contributed by atoms with Gasteiger partial charge in [0.25, 0.3) is 5.91 Å². The number of benzene rings is 2. The molecule has 1 atom stereocenters. The van der Waals surface area contributed by atoms with Crippen molar-refractivity contribution in [3.05, 3.63) is 72.6 Å². The van der Waals surface area contributed by atoms with Crippen LogP contribution in [0.1, 0.15) is 11.7 Å². The molecular weight excluding hydrogens is 381 g/mol. The van der Waals surface area contributed by atoms with E-state index in [2.05, 4.69) is 9.97 Å². The predicted molar refractivity (Wildman–Crippen MR) is 116 cm³/mol. The zero-order valence-electron chi connectivity index (χ0n) is 17.0. The summed E-state index contributed by atoms with van der Waals surface area (Å²) in [7, 11) is 4.73. The van der Waals surface area contributed by atoms with Crippen LogP contribution in [0.5, 0.6) is 5.75 Å². The van der Waals surface area contributed by atoms with Crippen LogP contribution in [0.4, 0.5) is 4.39 Å². The molecule has 1 amide bonds. The number of carbonyl (C=O) groups is 1. The third kappa shape index (κ3) is 3.52. The van der Waals surface area contributed by atoms with Gasteiger partial charge in [-0.15, -0.1) is 0 Å². The molecular formula is C24H22FN3O2. The molecule has 6 heteroatoms. The van der Waals surface area contributed by atoms with E-state index in [1.807, 2.05) is 42.6 Å². The molecule has 2 heterocycles. The highest BCUT2D eigenvalue weighted by Crippen LogP contribution is 2.36. The Morgan fingerprint density at radius 1 is 1.07 bits per heavy atom. The van der Waals surface area contributed by atoms with Gasteiger partial charge in [0.15, 0.2) is 0 Å². The average Bonchev–Trinajstić information content (AvgIpc) is 3.21. The van der Waals surface area contributed by atoms with Crippen LogP contribution in [0.3, 0.4) is 0 Å². The van der Waals surface area contributed by atoms with Gasteiger partial charge in [-0.05, 0) is 29.3 Å². The minimum atomic E-state index is -1.70. The van der Waals surface area contributed by atoms with Crippen molar-refractivity contribution in [3.8, 4) is 28.0 Å². The molecule has 0 saturated carbocycles. The molecule has 0 radical (unpaired) electrons. The minimum absolute atomic E-state index is 0.324. The monoisotopic (exact) mass is 403 g/mol. The van der Waals surface area contributed by atoms with E-state index in [1.54, 1.807) is 45.6 Å². The third-order valence-corrected chi connectivity index (χ3v) is 5.10. The van der Waals surface area contributed by atoms with Crippen LogP contribution < -0.4 is 4.74 Å². The van der Waals surface area contributed by atoms with Gasteiger partial charge in [0.2, 0.25) is 6.17 Å². The number of rotatable bonds is 5. The number of para-hydroxylation sites is 1. The molecule has 0 fully saturated rings. The smallest absolute Gasteiger partial charge is 0.261 e. The van der Waals surface area contributed by atoms with E-state index in [0.717, 1.165) is 39.0 Å². The quantitative estimate of drug-likeness (QED) is 0.510. The molecule has 4 rings (SSSR count). The number of aromatic amines is 1. The van der Waals surface area contributed by atoms with Gasteiger partial charge in [0.05, 0.1) is 7.11 Å². The number of halogens is 1. The van der Waals surface area contributed by atoms with Gasteiger partial charge in [-0.1, -0.05) is 36.4 Å². The zero-order valence-corrected chi connectivity index (χ0v) is 17.0. The molecule has 0 spiro atoms. The number of fused-ring (bicyclic) bond motifs is 1. The Morgan fingerprint density at radius 3 is 2.63 bits per heavy atom. The molecule has 0 aliphatic carbocycles. The number of pyridine rings is 1. The van der Waals surface area contributed by atoms with Crippen molar-refractivity contribution < 1.29 is 13.9 Å². The van der Waals surface area contributed by atoms with E-state index in [-0.39, 0.29) is 0 Å². The van der Waals surface area contributed by atoms with Crippen molar-refractivity contribution in [2.45, 2.75) is 6.17 Å². The molecule has 5 nitrogen and oxygen atoms in total. The number of hydrogen-bond acceptors (Lipinski definition) is 3. The lowest BCUT2D eigenvalue weighted by Gasteiger charge is -2.15. The minimum Gasteiger partial charge on any atom is -0.496 e. The van der Waals surface area contributed by atoms with Crippen LogP contribution in [0.2, 0.25) is 0 Å². The maximum atomic E-state index is 14.6. The van der Waals surface area contributed by atoms with Crippen LogP contribution in [-0.4, -0.2) is 42.0 Å². The van der Waals surface area contributed by atoms with E-state index in [9.17, 15) is 9.18 Å². The van der Waals surface area contributed by atoms with Crippen LogP contribution in [0, 0.1) is 0 Å². The topological polar surface area (TPSA) is 58.2 Å². The summed E-state index contributed by atoms with van der Waals surface area (Å²) in [6.45, 7) is 0. The SMILES string of the molecule is COc1ccccc1-c1c[nH]c2ncc(-c3cccc(C(F)C(=O)N(C)C)c3)cc12. The van der Waals surface area contributed by atoms with E-state index in [4.69, 9.17) is 4.74 Å². The number of likely N-dealkylation sites (N-methyl/N-ethyl adjacent to an activating group) is 1. The van der Waals surface area contributed by atoms with Gasteiger partial charge in [0.1, 0.15) is 11.4 Å². The van der Waals surface area contributed by atoms with Crippen molar-refractivity contribution >= 4 is 16.9 Å². The molecule has 2 aromatic carbocycles. The first-order valence-corrected chi connectivity index (χ1v) is 9.55. The van der Waals surface area contributed by atoms with Gasteiger partial charge < -0.3 is 14.6 Å². The highest BCUT2D eigenvalue weighted by molar-refractivity contribution is 5.97. The number of H-pyrrole nitrogens is 1. The first-order valence-electron chi connectivity index (χ1n) is 9.55. The largest absolute Gasteiger partial charge is 0.496 e. The Hall–Kier alpha value is -3.67. The maximum absolute atomic E-state index is 14.6. The number of hydrogen-bond donors (Lipinski definition) is 1. The van der Waals surface area contributed by atoms with Gasteiger partial charge in [-0.3, -0.25) is 4.79 Å². The molecule has 0 saturated heterocycles. The van der Waals surface area contributed by atoms with Crippen LogP contribution in [0.15, 0.2) is 67.0 Å². The van der Waals surface area contributed by atoms with Crippen molar-refractivity contribution in [1.29, 1.82) is 0 Å². The lowest BCUT2D eigenvalue weighted by molar-refractivity contribution is -0.134. The molecule has 1 unspecified atom stereocenters. The lowest BCUT2D eigenvalue weighted by atomic mass is 9.99. The summed E-state index contributed by atoms with van der Waals surface area (Å²) in [5.41, 5.74) is 4.64. The highest BCUT2D eigenvalue weighted by atomic mass is 19.1. The van der Waals surface area contributed by atoms with E-state index < -0.39 is 12.1 Å². The fraction of sp³-hybridized carbons (Fsp3) is 0.167. The molecule has 0 aliphatic rings. The van der Waals surface area contributed by atoms with Crippen molar-refractivity contribution in [1.82, 2.24) is 14.9 Å². The Balaban J connectivity index is 1.78. The summed E-state index contributed by atoms with van der Waals surface area (Å²) in [5.74, 6) is 0.193. The Bertz CT molecular complexity index is 1220. The standard InChI is InChI=1S/C24H22FN3O2/c1-28(2)24(29)22(25)16-8-6-7-15(11-16)17-12-19-20(14-27-23(19)26-13-17)18-9-4-5-10-21(18)30-3/h4-14,22H,1-3H3,(H,26,27). The summed E-state index contributed by atoms with van der Waals surface area (Å²) in [6.07, 6.45) is 1.95. The van der Waals surface area contributed by atoms with Crippen molar-refractivity contribution in [2.75, 3.05) is 21.2 Å². The van der Waals surface area contributed by atoms with Crippen molar-refractivity contribution in [3.63, 3.8) is 0 Å². The van der Waals surface area contributed by atoms with Gasteiger partial charge in [-0.25, -0.2) is 9.37 Å². The number of methoxy groups -OCH3 is 1. The first kappa shape index (κ1) is 19.6. The number of nitrogens with one attached hydrogen (secondary N) is 1. The number of ether oxygens (including phenoxy) is 1. The second-order valence-electron chi connectivity index (χ2n) is 7.24. The Kier molecular flexibility index (Phi) is 5.23. The summed E-state index contributed by atoms with van der Waals surface area (Å²) in [6, 6.07) is 16.8. The summed E-state index contributed by atoms with van der Waals surface area (Å²) in [4.78, 5) is 21.0. The van der Waals surface area contributed by atoms with Crippen LogP contribution in [0.25, 0.3) is 33.3 Å². The van der Waals surface area contributed by atoms with E-state index in [1.165, 1.54) is 4.90 Å². The molecule has 0 aliphatic heterocycles. The average molecular weight is 403 g/mol. The fourth-order valence-electron chi connectivity index (χ4n) is 3.50. The summed E-state index contributed by atoms with van der Waals surface area (Å²) >= 11 is 0. The Labute approximate surface area is 174 Å². The molecule has 30 heavy (non-hydrogen) atoms. The molecule has 4 aromatic rings. The highest BCUT2D eigenvalue weighted by Gasteiger charge is 2.22. The lowest BCUT2D eigenvalue weighted by Crippen LogP contribution is -2.26. The number of aromatic nitrogens is 2. The number of alkyl halides is 1. The second-order valence-corrected chi connectivity index (χ2v) is 7.24. The maximum Gasteiger partial charge on any atom is 0.261 e. The van der Waals surface area contributed by atoms with E-state index in [0.29, 0.717) is 5.56 Å². The zero-order chi connectivity index (χ0) is 21.3. The van der Waals surface area contributed by atoms with Gasteiger partial charge >= 0.3 is 0 Å². The fourth-order valence-corrected chi connectivity index (χ4v) is 3.50. The van der Waals surface area contributed by atoms with Crippen molar-refractivity contribution in [2.24, 2.45) is 0 Å². The van der Waals surface area contributed by atoms with Gasteiger partial charge in [0, 0.05) is 48.6 Å². The van der Waals surface area contributed by atoms with E-state index >= 15 is 0 Å². The normalized spacial score (nSPS) is 12.0. The molecule has 1 N–H and O–H groups in total. The summed E-state index contributed by atoms with van der Waals surface area (Å²) < 4.78 is 20.1. The number of amides is 1. The summed E-state index contributed by atoms with van der Waals surface area (Å²) in [5, 5.41) is 0.934. The van der Waals surface area contributed by atoms with Crippen LogP contribution in [-0.2, 0) is 4.79 Å². The Morgan fingerprint density at radius 2 is 1.87 bits per heavy atom. The number of nitrogens with zero attached hydrogens (tertiary/aromatic N) is 2. The second kappa shape index (κ2) is 7.99. The predicted octanol–water partition coefficient (Wildman–Crippen LogP) is 5.00. The molecule has 0 bridgehead atoms. The third-order valence-electron chi connectivity index (χ3n) is 5.10. The van der Waals surface area contributed by atoms with Gasteiger partial charge in [-0.2, -0.15) is 0 Å².